The van der Waals surface area contributed by atoms with Crippen LogP contribution in [0.3, 0.4) is 0 Å². The van der Waals surface area contributed by atoms with Crippen molar-refractivity contribution in [2.75, 3.05) is 49.5 Å². The molecule has 0 aromatic heterocycles. The molecule has 0 radical (unpaired) electrons. The van der Waals surface area contributed by atoms with Gasteiger partial charge >= 0.3 is 6.18 Å². The average Bonchev–Trinajstić information content (AvgIpc) is 3.53. The third-order valence-corrected chi connectivity index (χ3v) is 10.2. The molecule has 0 atom stereocenters. The number of piperidine rings is 1. The Morgan fingerprint density at radius 3 is 2.41 bits per heavy atom. The zero-order chi connectivity index (χ0) is 25.6. The summed E-state index contributed by atoms with van der Waals surface area (Å²) < 4.78 is 41.7. The molecule has 1 saturated carbocycles. The standard InChI is InChI=1S/C29H37F3N4S.2ClH/c30-29(31,32)21-16-25(34-22-5-11-35(12-6-22)14-10-33)24-15-20-3-4-23(18-26(20)37-27(24)17-21)36-13-9-28(19-36)7-1-2-8-28;;/h3-4,16-18,22,34H,1-2,5-15,19,33H2;2*1H. The number of benzene rings is 2. The van der Waals surface area contributed by atoms with Crippen molar-refractivity contribution in [1.29, 1.82) is 0 Å². The topological polar surface area (TPSA) is 44.5 Å². The van der Waals surface area contributed by atoms with Gasteiger partial charge in [0.1, 0.15) is 0 Å². The summed E-state index contributed by atoms with van der Waals surface area (Å²) in [6, 6.07) is 9.51. The molecule has 0 amide bonds. The molecule has 4 aliphatic rings. The summed E-state index contributed by atoms with van der Waals surface area (Å²) in [6.45, 7) is 5.55. The van der Waals surface area contributed by atoms with Crippen molar-refractivity contribution in [3.8, 4) is 0 Å². The second kappa shape index (κ2) is 12.3. The van der Waals surface area contributed by atoms with E-state index in [-0.39, 0.29) is 30.9 Å². The van der Waals surface area contributed by atoms with Crippen molar-refractivity contribution >= 4 is 48.0 Å². The summed E-state index contributed by atoms with van der Waals surface area (Å²) in [6.07, 6.45) is 4.72. The van der Waals surface area contributed by atoms with Crippen molar-refractivity contribution in [1.82, 2.24) is 4.90 Å². The molecule has 1 aliphatic carbocycles. The van der Waals surface area contributed by atoms with Crippen LogP contribution in [-0.4, -0.2) is 50.2 Å². The minimum atomic E-state index is -4.37. The summed E-state index contributed by atoms with van der Waals surface area (Å²) in [5, 5.41) is 3.52. The molecular formula is C29H39Cl2F3N4S. The maximum atomic E-state index is 13.9. The fourth-order valence-electron chi connectivity index (χ4n) is 6.89. The number of hydrogen-bond donors (Lipinski definition) is 2. The van der Waals surface area contributed by atoms with Gasteiger partial charge in [0, 0.05) is 72.9 Å². The van der Waals surface area contributed by atoms with E-state index in [9.17, 15) is 13.2 Å². The van der Waals surface area contributed by atoms with E-state index in [4.69, 9.17) is 5.73 Å². The maximum Gasteiger partial charge on any atom is 0.416 e. The van der Waals surface area contributed by atoms with Gasteiger partial charge in [0.25, 0.3) is 0 Å². The predicted molar refractivity (Wildman–Crippen MR) is 159 cm³/mol. The molecule has 4 nitrogen and oxygen atoms in total. The van der Waals surface area contributed by atoms with Gasteiger partial charge in [0.15, 0.2) is 0 Å². The van der Waals surface area contributed by atoms with Crippen LogP contribution in [0, 0.1) is 5.41 Å². The highest BCUT2D eigenvalue weighted by molar-refractivity contribution is 7.99. The molecule has 3 N–H and O–H groups in total. The van der Waals surface area contributed by atoms with Gasteiger partial charge in [-0.05, 0) is 72.9 Å². The molecule has 3 aliphatic heterocycles. The van der Waals surface area contributed by atoms with E-state index in [1.54, 1.807) is 0 Å². The van der Waals surface area contributed by atoms with Crippen molar-refractivity contribution < 1.29 is 13.2 Å². The zero-order valence-electron chi connectivity index (χ0n) is 22.2. The first-order chi connectivity index (χ1) is 17.8. The lowest BCUT2D eigenvalue weighted by molar-refractivity contribution is -0.137. The monoisotopic (exact) mass is 602 g/mol. The number of anilines is 2. The molecule has 3 fully saturated rings. The highest BCUT2D eigenvalue weighted by Crippen LogP contribution is 2.49. The van der Waals surface area contributed by atoms with Crippen LogP contribution in [0.15, 0.2) is 40.1 Å². The number of alkyl halides is 3. The van der Waals surface area contributed by atoms with Crippen LogP contribution in [0.25, 0.3) is 0 Å². The smallest absolute Gasteiger partial charge is 0.382 e. The zero-order valence-corrected chi connectivity index (χ0v) is 24.6. The van der Waals surface area contributed by atoms with Crippen molar-refractivity contribution in [2.45, 2.75) is 73.4 Å². The number of nitrogens with zero attached hydrogens (tertiary/aromatic N) is 2. The average molecular weight is 604 g/mol. The predicted octanol–water partition coefficient (Wildman–Crippen LogP) is 7.21. The minimum Gasteiger partial charge on any atom is -0.382 e. The molecular weight excluding hydrogens is 564 g/mol. The van der Waals surface area contributed by atoms with Gasteiger partial charge in [-0.25, -0.2) is 0 Å². The Kier molecular flexibility index (Phi) is 9.64. The van der Waals surface area contributed by atoms with Crippen molar-refractivity contribution in [3.63, 3.8) is 0 Å². The lowest BCUT2D eigenvalue weighted by Crippen LogP contribution is -2.41. The lowest BCUT2D eigenvalue weighted by atomic mass is 9.86. The Hall–Kier alpha value is -1.32. The highest BCUT2D eigenvalue weighted by Gasteiger charge is 2.40. The van der Waals surface area contributed by atoms with Gasteiger partial charge in [0.2, 0.25) is 0 Å². The Morgan fingerprint density at radius 2 is 1.72 bits per heavy atom. The molecule has 2 aromatic carbocycles. The van der Waals surface area contributed by atoms with Gasteiger partial charge in [-0.3, -0.25) is 0 Å². The van der Waals surface area contributed by atoms with E-state index >= 15 is 0 Å². The SMILES string of the molecule is Cl.Cl.NCCN1CCC(Nc2cc(C(F)(F)F)cc3c2Cc2ccc(N4CCC5(CCCC5)C4)cc2S3)CC1. The first kappa shape index (κ1) is 30.6. The van der Waals surface area contributed by atoms with Gasteiger partial charge in [-0.1, -0.05) is 30.7 Å². The third-order valence-electron chi connectivity index (χ3n) is 9.03. The molecule has 216 valence electrons. The van der Waals surface area contributed by atoms with Crippen molar-refractivity contribution in [3.05, 3.63) is 47.0 Å². The Morgan fingerprint density at radius 1 is 0.974 bits per heavy atom. The number of likely N-dealkylation sites (tertiary alicyclic amines) is 1. The fraction of sp³-hybridized carbons (Fsp3) is 0.586. The largest absolute Gasteiger partial charge is 0.416 e. The molecule has 0 unspecified atom stereocenters. The maximum absolute atomic E-state index is 13.9. The summed E-state index contributed by atoms with van der Waals surface area (Å²) in [7, 11) is 0. The number of rotatable bonds is 5. The van der Waals surface area contributed by atoms with E-state index in [1.807, 2.05) is 0 Å². The number of nitrogens with two attached hydrogens (primary N) is 1. The molecule has 39 heavy (non-hydrogen) atoms. The molecule has 2 saturated heterocycles. The van der Waals surface area contributed by atoms with Gasteiger partial charge in [-0.15, -0.1) is 24.8 Å². The van der Waals surface area contributed by atoms with Crippen LogP contribution in [0.4, 0.5) is 24.5 Å². The van der Waals surface area contributed by atoms with E-state index in [1.165, 1.54) is 67.2 Å². The van der Waals surface area contributed by atoms with Crippen LogP contribution < -0.4 is 16.0 Å². The summed E-state index contributed by atoms with van der Waals surface area (Å²) in [4.78, 5) is 6.66. The quantitative estimate of drug-likeness (QED) is 0.323. The second-order valence-corrected chi connectivity index (χ2v) is 12.6. The van der Waals surface area contributed by atoms with E-state index in [0.29, 0.717) is 24.1 Å². The van der Waals surface area contributed by atoms with Gasteiger partial charge in [0.05, 0.1) is 5.56 Å². The summed E-state index contributed by atoms with van der Waals surface area (Å²) >= 11 is 1.50. The van der Waals surface area contributed by atoms with Gasteiger partial charge < -0.3 is 20.9 Å². The summed E-state index contributed by atoms with van der Waals surface area (Å²) in [5.74, 6) is 0. The Bertz CT molecular complexity index is 1150. The molecule has 3 heterocycles. The van der Waals surface area contributed by atoms with E-state index in [0.717, 1.165) is 60.9 Å². The highest BCUT2D eigenvalue weighted by atomic mass is 35.5. The number of nitrogens with one attached hydrogen (secondary N) is 1. The van der Waals surface area contributed by atoms with E-state index < -0.39 is 11.7 Å². The van der Waals surface area contributed by atoms with Gasteiger partial charge in [-0.2, -0.15) is 13.2 Å². The first-order valence-electron chi connectivity index (χ1n) is 13.8. The Balaban J connectivity index is 0.00000176. The molecule has 6 rings (SSSR count). The molecule has 2 aromatic rings. The summed E-state index contributed by atoms with van der Waals surface area (Å²) in [5.41, 5.74) is 9.67. The number of hydrogen-bond acceptors (Lipinski definition) is 5. The van der Waals surface area contributed by atoms with Crippen LogP contribution in [-0.2, 0) is 12.6 Å². The Labute approximate surface area is 246 Å². The van der Waals surface area contributed by atoms with Crippen LogP contribution in [0.1, 0.15) is 61.6 Å². The first-order valence-corrected chi connectivity index (χ1v) is 14.6. The van der Waals surface area contributed by atoms with Crippen LogP contribution in [0.5, 0.6) is 0 Å². The number of halogens is 5. The third kappa shape index (κ3) is 6.45. The molecule has 0 bridgehead atoms. The van der Waals surface area contributed by atoms with Crippen LogP contribution in [0.2, 0.25) is 0 Å². The molecule has 1 spiro atoms. The van der Waals surface area contributed by atoms with E-state index in [2.05, 4.69) is 33.3 Å². The fourth-order valence-corrected chi connectivity index (χ4v) is 8.07. The van der Waals surface area contributed by atoms with Crippen LogP contribution >= 0.6 is 36.6 Å². The minimum absolute atomic E-state index is 0. The number of fused-ring (bicyclic) bond motifs is 2. The second-order valence-electron chi connectivity index (χ2n) is 11.5. The molecule has 10 heteroatoms. The van der Waals surface area contributed by atoms with Crippen molar-refractivity contribution in [2.24, 2.45) is 11.1 Å². The lowest BCUT2D eigenvalue weighted by Gasteiger charge is -2.34. The normalized spacial score (nSPS) is 20.8.